The minimum atomic E-state index is -0.444. The van der Waals surface area contributed by atoms with E-state index in [4.69, 9.17) is 9.47 Å². The molecule has 168 valence electrons. The van der Waals surface area contributed by atoms with E-state index in [1.54, 1.807) is 36.2 Å². The monoisotopic (exact) mass is 434 g/mol. The summed E-state index contributed by atoms with van der Waals surface area (Å²) in [6, 6.07) is 14.5. The van der Waals surface area contributed by atoms with Crippen LogP contribution in [-0.2, 0) is 9.59 Å². The number of hydrogen-bond donors (Lipinski definition) is 0. The highest BCUT2D eigenvalue weighted by Crippen LogP contribution is 2.41. The molecule has 0 bridgehead atoms. The molecule has 1 heterocycles. The predicted octanol–water partition coefficient (Wildman–Crippen LogP) is 4.39. The van der Waals surface area contributed by atoms with Crippen molar-refractivity contribution in [1.82, 2.24) is 4.90 Å². The Bertz CT molecular complexity index is 943. The van der Waals surface area contributed by atoms with Gasteiger partial charge in [0.25, 0.3) is 0 Å². The average molecular weight is 435 g/mol. The van der Waals surface area contributed by atoms with Crippen molar-refractivity contribution >= 4 is 17.5 Å². The van der Waals surface area contributed by atoms with Crippen LogP contribution in [0.5, 0.6) is 11.5 Å². The van der Waals surface area contributed by atoms with Gasteiger partial charge < -0.3 is 19.3 Å². The van der Waals surface area contributed by atoms with E-state index in [1.165, 1.54) is 0 Å². The van der Waals surface area contributed by atoms with Crippen molar-refractivity contribution in [2.24, 2.45) is 5.92 Å². The Morgan fingerprint density at radius 3 is 2.03 bits per heavy atom. The molecule has 0 radical (unpaired) electrons. The Kier molecular flexibility index (Phi) is 7.71. The van der Waals surface area contributed by atoms with Crippen LogP contribution in [0.1, 0.15) is 24.4 Å². The first-order chi connectivity index (χ1) is 15.5. The molecule has 6 heteroatoms. The van der Waals surface area contributed by atoms with Crippen LogP contribution in [0.3, 0.4) is 0 Å². The Morgan fingerprint density at radius 2 is 1.53 bits per heavy atom. The molecule has 0 spiro atoms. The standard InChI is InChI=1S/C26H30N2O4/c1-5-17-27(18-6-2)26(30)23-15-16-24(29)28(20-9-13-22(32-4)14-10-20)25(23)19-7-11-21(31-3)12-8-19/h5-14,23,25H,1-2,15-18H2,3-4H3. The van der Waals surface area contributed by atoms with E-state index in [0.29, 0.717) is 31.7 Å². The van der Waals surface area contributed by atoms with Crippen molar-refractivity contribution in [1.29, 1.82) is 0 Å². The number of hydrogen-bond acceptors (Lipinski definition) is 4. The van der Waals surface area contributed by atoms with Gasteiger partial charge in [0.2, 0.25) is 11.8 Å². The SMILES string of the molecule is C=CCN(CC=C)C(=O)C1CCC(=O)N(c2ccc(OC)cc2)C1c1ccc(OC)cc1. The summed E-state index contributed by atoms with van der Waals surface area (Å²) in [5, 5.41) is 0. The molecule has 0 saturated carbocycles. The average Bonchev–Trinajstić information content (AvgIpc) is 2.83. The van der Waals surface area contributed by atoms with Gasteiger partial charge in [0.1, 0.15) is 11.5 Å². The van der Waals surface area contributed by atoms with Gasteiger partial charge in [-0.25, -0.2) is 0 Å². The van der Waals surface area contributed by atoms with Crippen LogP contribution in [-0.4, -0.2) is 44.0 Å². The van der Waals surface area contributed by atoms with E-state index in [1.807, 2.05) is 48.5 Å². The first kappa shape index (κ1) is 23.1. The number of carbonyl (C=O) groups excluding carboxylic acids is 2. The third-order valence-corrected chi connectivity index (χ3v) is 5.73. The van der Waals surface area contributed by atoms with Gasteiger partial charge in [0.05, 0.1) is 26.2 Å². The van der Waals surface area contributed by atoms with Crippen molar-refractivity contribution in [3.63, 3.8) is 0 Å². The zero-order valence-corrected chi connectivity index (χ0v) is 18.7. The number of methoxy groups -OCH3 is 2. The summed E-state index contributed by atoms with van der Waals surface area (Å²) in [6.45, 7) is 8.41. The molecule has 0 N–H and O–H groups in total. The zero-order chi connectivity index (χ0) is 23.1. The van der Waals surface area contributed by atoms with E-state index >= 15 is 0 Å². The maximum absolute atomic E-state index is 13.6. The molecular weight excluding hydrogens is 404 g/mol. The summed E-state index contributed by atoms with van der Waals surface area (Å²) in [4.78, 5) is 30.2. The summed E-state index contributed by atoms with van der Waals surface area (Å²) < 4.78 is 10.6. The van der Waals surface area contributed by atoms with Gasteiger partial charge in [-0.3, -0.25) is 9.59 Å². The van der Waals surface area contributed by atoms with Crippen molar-refractivity contribution < 1.29 is 19.1 Å². The van der Waals surface area contributed by atoms with Crippen LogP contribution < -0.4 is 14.4 Å². The Hall–Kier alpha value is -3.54. The fourth-order valence-corrected chi connectivity index (χ4v) is 4.18. The highest BCUT2D eigenvalue weighted by molar-refractivity contribution is 5.97. The zero-order valence-electron chi connectivity index (χ0n) is 18.7. The van der Waals surface area contributed by atoms with Crippen LogP contribution in [0.25, 0.3) is 0 Å². The largest absolute Gasteiger partial charge is 0.497 e. The van der Waals surface area contributed by atoms with Crippen LogP contribution in [0, 0.1) is 5.92 Å². The normalized spacial score (nSPS) is 18.1. The van der Waals surface area contributed by atoms with E-state index in [2.05, 4.69) is 13.2 Å². The third kappa shape index (κ3) is 4.85. The topological polar surface area (TPSA) is 59.1 Å². The fourth-order valence-electron chi connectivity index (χ4n) is 4.18. The molecule has 2 aromatic rings. The Labute approximate surface area is 189 Å². The number of nitrogens with zero attached hydrogens (tertiary/aromatic N) is 2. The van der Waals surface area contributed by atoms with Crippen LogP contribution in [0.2, 0.25) is 0 Å². The molecule has 0 aromatic heterocycles. The molecule has 2 atom stereocenters. The number of piperidine rings is 1. The molecular formula is C26H30N2O4. The van der Waals surface area contributed by atoms with E-state index in [9.17, 15) is 9.59 Å². The number of carbonyl (C=O) groups is 2. The quantitative estimate of drug-likeness (QED) is 0.550. The second kappa shape index (κ2) is 10.7. The lowest BCUT2D eigenvalue weighted by molar-refractivity contribution is -0.137. The van der Waals surface area contributed by atoms with Crippen LogP contribution >= 0.6 is 0 Å². The molecule has 2 aromatic carbocycles. The second-order valence-corrected chi connectivity index (χ2v) is 7.65. The minimum Gasteiger partial charge on any atom is -0.497 e. The van der Waals surface area contributed by atoms with E-state index in [0.717, 1.165) is 17.0 Å². The van der Waals surface area contributed by atoms with E-state index < -0.39 is 12.0 Å². The molecule has 3 rings (SSSR count). The summed E-state index contributed by atoms with van der Waals surface area (Å²) >= 11 is 0. The summed E-state index contributed by atoms with van der Waals surface area (Å²) in [7, 11) is 3.21. The highest BCUT2D eigenvalue weighted by atomic mass is 16.5. The summed E-state index contributed by atoms with van der Waals surface area (Å²) in [5.41, 5.74) is 1.61. The molecule has 6 nitrogen and oxygen atoms in total. The molecule has 1 saturated heterocycles. The third-order valence-electron chi connectivity index (χ3n) is 5.73. The number of ether oxygens (including phenoxy) is 2. The lowest BCUT2D eigenvalue weighted by Crippen LogP contribution is -2.49. The number of anilines is 1. The summed E-state index contributed by atoms with van der Waals surface area (Å²) in [6.07, 6.45) is 4.19. The second-order valence-electron chi connectivity index (χ2n) is 7.65. The highest BCUT2D eigenvalue weighted by Gasteiger charge is 2.42. The van der Waals surface area contributed by atoms with Gasteiger partial charge in [0, 0.05) is 25.2 Å². The molecule has 1 aliphatic heterocycles. The van der Waals surface area contributed by atoms with E-state index in [-0.39, 0.29) is 11.8 Å². The number of amides is 2. The number of benzene rings is 2. The Balaban J connectivity index is 2.07. The molecule has 32 heavy (non-hydrogen) atoms. The smallest absolute Gasteiger partial charge is 0.228 e. The van der Waals surface area contributed by atoms with Crippen molar-refractivity contribution in [2.45, 2.75) is 18.9 Å². The molecule has 0 aliphatic carbocycles. The molecule has 2 unspecified atom stereocenters. The molecule has 1 fully saturated rings. The Morgan fingerprint density at radius 1 is 1.00 bits per heavy atom. The van der Waals surface area contributed by atoms with Crippen molar-refractivity contribution in [2.75, 3.05) is 32.2 Å². The minimum absolute atomic E-state index is 0.0148. The lowest BCUT2D eigenvalue weighted by Gasteiger charge is -2.42. The lowest BCUT2D eigenvalue weighted by atomic mass is 9.82. The molecule has 2 amide bonds. The first-order valence-corrected chi connectivity index (χ1v) is 10.6. The van der Waals surface area contributed by atoms with Gasteiger partial charge >= 0.3 is 0 Å². The van der Waals surface area contributed by atoms with Crippen LogP contribution in [0.15, 0.2) is 73.8 Å². The van der Waals surface area contributed by atoms with Gasteiger partial charge in [-0.15, -0.1) is 13.2 Å². The van der Waals surface area contributed by atoms with Crippen molar-refractivity contribution in [3.05, 3.63) is 79.4 Å². The first-order valence-electron chi connectivity index (χ1n) is 10.6. The van der Waals surface area contributed by atoms with Gasteiger partial charge in [-0.05, 0) is 48.4 Å². The predicted molar refractivity (Wildman–Crippen MR) is 126 cm³/mol. The molecule has 1 aliphatic rings. The maximum Gasteiger partial charge on any atom is 0.228 e. The number of rotatable bonds is 9. The van der Waals surface area contributed by atoms with Gasteiger partial charge in [-0.1, -0.05) is 24.3 Å². The fraction of sp³-hybridized carbons (Fsp3) is 0.308. The van der Waals surface area contributed by atoms with Crippen LogP contribution in [0.4, 0.5) is 5.69 Å². The van der Waals surface area contributed by atoms with Gasteiger partial charge in [-0.2, -0.15) is 0 Å². The summed E-state index contributed by atoms with van der Waals surface area (Å²) in [5.74, 6) is 0.989. The maximum atomic E-state index is 13.6. The van der Waals surface area contributed by atoms with Gasteiger partial charge in [0.15, 0.2) is 0 Å². The van der Waals surface area contributed by atoms with Crippen molar-refractivity contribution in [3.8, 4) is 11.5 Å².